The minimum absolute atomic E-state index is 0.103. The average molecular weight is 457 g/mol. The van der Waals surface area contributed by atoms with Crippen LogP contribution in [-0.4, -0.2) is 24.0 Å². The van der Waals surface area contributed by atoms with Gasteiger partial charge in [-0.1, -0.05) is 48.5 Å². The van der Waals surface area contributed by atoms with Crippen LogP contribution in [0.15, 0.2) is 72.3 Å². The fourth-order valence-corrected chi connectivity index (χ4v) is 3.29. The summed E-state index contributed by atoms with van der Waals surface area (Å²) in [5.41, 5.74) is 0.753. The van der Waals surface area contributed by atoms with Crippen LogP contribution in [0, 0.1) is 21.4 Å². The van der Waals surface area contributed by atoms with Gasteiger partial charge in [-0.05, 0) is 17.7 Å². The molecule has 170 valence electrons. The van der Waals surface area contributed by atoms with Crippen molar-refractivity contribution in [2.45, 2.75) is 6.61 Å². The van der Waals surface area contributed by atoms with Crippen molar-refractivity contribution in [1.29, 1.82) is 5.26 Å². The molecule has 0 saturated heterocycles. The molecule has 9 nitrogen and oxygen atoms in total. The average Bonchev–Trinajstić information content (AvgIpc) is 2.86. The van der Waals surface area contributed by atoms with Gasteiger partial charge in [0.05, 0.1) is 11.0 Å². The molecule has 3 aromatic rings. The first-order valence-electron chi connectivity index (χ1n) is 10.3. The number of fused-ring (bicyclic) bond motifs is 1. The number of nitrogens with one attached hydrogen (secondary N) is 1. The van der Waals surface area contributed by atoms with Crippen molar-refractivity contribution in [3.63, 3.8) is 0 Å². The molecule has 0 aromatic heterocycles. The number of carbonyl (C=O) groups excluding carboxylic acids is 1. The van der Waals surface area contributed by atoms with E-state index in [1.807, 2.05) is 36.4 Å². The van der Waals surface area contributed by atoms with E-state index in [0.29, 0.717) is 17.9 Å². The van der Waals surface area contributed by atoms with E-state index in [4.69, 9.17) is 14.2 Å². The van der Waals surface area contributed by atoms with Gasteiger partial charge in [-0.15, -0.1) is 0 Å². The van der Waals surface area contributed by atoms with Gasteiger partial charge in [0.2, 0.25) is 0 Å². The third-order valence-electron chi connectivity index (χ3n) is 4.93. The van der Waals surface area contributed by atoms with Crippen molar-refractivity contribution in [1.82, 2.24) is 0 Å². The maximum atomic E-state index is 12.8. The number of amides is 1. The lowest BCUT2D eigenvalue weighted by atomic mass is 10.1. The third kappa shape index (κ3) is 5.14. The molecule has 1 N–H and O–H groups in total. The molecule has 1 aliphatic rings. The molecule has 0 fully saturated rings. The topological polar surface area (TPSA) is 124 Å². The number of nitriles is 1. The smallest absolute Gasteiger partial charge is 0.296 e. The minimum Gasteiger partial charge on any atom is -0.488 e. The Balaban J connectivity index is 1.58. The quantitative estimate of drug-likeness (QED) is 0.240. The lowest BCUT2D eigenvalue weighted by Crippen LogP contribution is -2.18. The zero-order valence-electron chi connectivity index (χ0n) is 17.9. The van der Waals surface area contributed by atoms with Crippen LogP contribution in [0.4, 0.5) is 11.4 Å². The molecule has 9 heteroatoms. The van der Waals surface area contributed by atoms with Gasteiger partial charge in [0.15, 0.2) is 11.5 Å². The zero-order chi connectivity index (χ0) is 23.9. The monoisotopic (exact) mass is 457 g/mol. The summed E-state index contributed by atoms with van der Waals surface area (Å²) in [5, 5.41) is 23.6. The number of hydrogen-bond acceptors (Lipinski definition) is 7. The summed E-state index contributed by atoms with van der Waals surface area (Å²) in [7, 11) is 0. The van der Waals surface area contributed by atoms with E-state index in [-0.39, 0.29) is 41.7 Å². The van der Waals surface area contributed by atoms with E-state index in [0.717, 1.165) is 5.56 Å². The number of ether oxygens (including phenoxy) is 3. The first kappa shape index (κ1) is 22.4. The SMILES string of the molecule is N#C/C(=C\c1ccccc1OCc1ccccc1)C(=O)Nc1cc2c(cc1[N+](=O)[O-])OCCO2. The van der Waals surface area contributed by atoms with Crippen molar-refractivity contribution < 1.29 is 23.9 Å². The molecule has 0 radical (unpaired) electrons. The number of benzene rings is 3. The number of rotatable bonds is 7. The van der Waals surface area contributed by atoms with Crippen LogP contribution in [0.3, 0.4) is 0 Å². The van der Waals surface area contributed by atoms with Crippen molar-refractivity contribution in [2.75, 3.05) is 18.5 Å². The molecule has 1 heterocycles. The van der Waals surface area contributed by atoms with Crippen molar-refractivity contribution in [3.05, 3.63) is 93.5 Å². The molecule has 1 amide bonds. The summed E-state index contributed by atoms with van der Waals surface area (Å²) in [5.74, 6) is 0.170. The molecule has 1 aliphatic heterocycles. The fraction of sp³-hybridized carbons (Fsp3) is 0.120. The normalized spacial score (nSPS) is 12.4. The number of carbonyl (C=O) groups is 1. The van der Waals surface area contributed by atoms with Crippen molar-refractivity contribution in [3.8, 4) is 23.3 Å². The van der Waals surface area contributed by atoms with E-state index in [1.54, 1.807) is 24.3 Å². The van der Waals surface area contributed by atoms with Crippen LogP contribution < -0.4 is 19.5 Å². The summed E-state index contributed by atoms with van der Waals surface area (Å²) >= 11 is 0. The van der Waals surface area contributed by atoms with Gasteiger partial charge in [-0.3, -0.25) is 14.9 Å². The van der Waals surface area contributed by atoms with E-state index in [2.05, 4.69) is 5.32 Å². The number of nitro benzene ring substituents is 1. The molecule has 3 aromatic carbocycles. The molecule has 0 spiro atoms. The Morgan fingerprint density at radius 3 is 2.47 bits per heavy atom. The summed E-state index contributed by atoms with van der Waals surface area (Å²) in [6.45, 7) is 0.855. The second-order valence-electron chi connectivity index (χ2n) is 7.21. The zero-order valence-corrected chi connectivity index (χ0v) is 17.9. The number of anilines is 1. The summed E-state index contributed by atoms with van der Waals surface area (Å²) < 4.78 is 16.7. The lowest BCUT2D eigenvalue weighted by molar-refractivity contribution is -0.384. The van der Waals surface area contributed by atoms with E-state index < -0.39 is 10.8 Å². The predicted molar refractivity (Wildman–Crippen MR) is 124 cm³/mol. The summed E-state index contributed by atoms with van der Waals surface area (Å²) in [6.07, 6.45) is 1.37. The lowest BCUT2D eigenvalue weighted by Gasteiger charge is -2.19. The first-order chi connectivity index (χ1) is 16.5. The van der Waals surface area contributed by atoms with Crippen LogP contribution in [0.25, 0.3) is 6.08 Å². The maximum absolute atomic E-state index is 12.8. The largest absolute Gasteiger partial charge is 0.488 e. The van der Waals surface area contributed by atoms with Crippen molar-refractivity contribution >= 4 is 23.4 Å². The van der Waals surface area contributed by atoms with Gasteiger partial charge in [-0.25, -0.2) is 0 Å². The van der Waals surface area contributed by atoms with Gasteiger partial charge in [0.1, 0.15) is 42.9 Å². The molecule has 0 aliphatic carbocycles. The van der Waals surface area contributed by atoms with Gasteiger partial charge < -0.3 is 19.5 Å². The summed E-state index contributed by atoms with van der Waals surface area (Å²) in [6, 6.07) is 20.9. The van der Waals surface area contributed by atoms with E-state index in [9.17, 15) is 20.2 Å². The number of hydrogen-bond donors (Lipinski definition) is 1. The molecular weight excluding hydrogens is 438 g/mol. The molecule has 0 atom stereocenters. The Hall–Kier alpha value is -4.84. The Morgan fingerprint density at radius 1 is 1.09 bits per heavy atom. The number of para-hydroxylation sites is 1. The highest BCUT2D eigenvalue weighted by atomic mass is 16.6. The van der Waals surface area contributed by atoms with Crippen LogP contribution in [0.1, 0.15) is 11.1 Å². The first-order valence-corrected chi connectivity index (χ1v) is 10.3. The maximum Gasteiger partial charge on any atom is 0.296 e. The molecule has 4 rings (SSSR count). The number of nitrogens with zero attached hydrogens (tertiary/aromatic N) is 2. The second-order valence-corrected chi connectivity index (χ2v) is 7.21. The molecule has 34 heavy (non-hydrogen) atoms. The highest BCUT2D eigenvalue weighted by molar-refractivity contribution is 6.10. The molecule has 0 unspecified atom stereocenters. The van der Waals surface area contributed by atoms with Crippen LogP contribution in [0.5, 0.6) is 17.2 Å². The Kier molecular flexibility index (Phi) is 6.70. The van der Waals surface area contributed by atoms with Gasteiger partial charge >= 0.3 is 0 Å². The second kappa shape index (κ2) is 10.2. The third-order valence-corrected chi connectivity index (χ3v) is 4.93. The molecule has 0 bridgehead atoms. The minimum atomic E-state index is -0.805. The number of nitro groups is 1. The Labute approximate surface area is 195 Å². The highest BCUT2D eigenvalue weighted by Gasteiger charge is 2.24. The van der Waals surface area contributed by atoms with Gasteiger partial charge in [0, 0.05) is 11.6 Å². The molecular formula is C25H19N3O6. The van der Waals surface area contributed by atoms with Gasteiger partial charge in [0.25, 0.3) is 11.6 Å². The van der Waals surface area contributed by atoms with Crippen LogP contribution >= 0.6 is 0 Å². The fourth-order valence-electron chi connectivity index (χ4n) is 3.29. The van der Waals surface area contributed by atoms with Gasteiger partial charge in [-0.2, -0.15) is 5.26 Å². The van der Waals surface area contributed by atoms with E-state index >= 15 is 0 Å². The van der Waals surface area contributed by atoms with Crippen LogP contribution in [-0.2, 0) is 11.4 Å². The Morgan fingerprint density at radius 2 is 1.76 bits per heavy atom. The highest BCUT2D eigenvalue weighted by Crippen LogP contribution is 2.39. The standard InChI is InChI=1S/C25H19N3O6/c26-15-19(12-18-8-4-5-9-22(18)34-16-17-6-2-1-3-7-17)25(29)27-20-13-23-24(33-11-10-32-23)14-21(20)28(30)31/h1-9,12-14H,10-11,16H2,(H,27,29)/b19-12+. The molecule has 0 saturated carbocycles. The summed E-state index contributed by atoms with van der Waals surface area (Å²) in [4.78, 5) is 23.7. The van der Waals surface area contributed by atoms with Crippen LogP contribution in [0.2, 0.25) is 0 Å². The predicted octanol–water partition coefficient (Wildman–Crippen LogP) is 4.49. The van der Waals surface area contributed by atoms with Crippen molar-refractivity contribution in [2.24, 2.45) is 0 Å². The van der Waals surface area contributed by atoms with E-state index in [1.165, 1.54) is 18.2 Å². The Bertz CT molecular complexity index is 1300.